The third-order valence-electron chi connectivity index (χ3n) is 2.15. The lowest BCUT2D eigenvalue weighted by atomic mass is 10.2. The second-order valence-electron chi connectivity index (χ2n) is 3.75. The number of carboxylic acids is 1. The fourth-order valence-corrected chi connectivity index (χ4v) is 1.38. The predicted molar refractivity (Wildman–Crippen MR) is 65.0 cm³/mol. The fourth-order valence-electron chi connectivity index (χ4n) is 1.38. The van der Waals surface area contributed by atoms with Crippen LogP contribution in [0, 0.1) is 11.3 Å². The summed E-state index contributed by atoms with van der Waals surface area (Å²) < 4.78 is 0. The summed E-state index contributed by atoms with van der Waals surface area (Å²) in [6.07, 6.45) is -0.159. The Morgan fingerprint density at radius 2 is 2.11 bits per heavy atom. The van der Waals surface area contributed by atoms with E-state index in [1.165, 1.54) is 0 Å². The summed E-state index contributed by atoms with van der Waals surface area (Å²) in [7, 11) is 0. The molecule has 0 aromatic heterocycles. The van der Waals surface area contributed by atoms with Crippen molar-refractivity contribution in [3.63, 3.8) is 0 Å². The third-order valence-corrected chi connectivity index (χ3v) is 2.15. The van der Waals surface area contributed by atoms with E-state index in [4.69, 9.17) is 10.4 Å². The Kier molecular flexibility index (Phi) is 4.69. The largest absolute Gasteiger partial charge is 0.481 e. The normalized spacial score (nSPS) is 11.1. The summed E-state index contributed by atoms with van der Waals surface area (Å²) in [6, 6.07) is 7.48. The molecule has 1 unspecified atom stereocenters. The highest BCUT2D eigenvalue weighted by atomic mass is 16.4. The molecule has 0 saturated heterocycles. The standard InChI is InChI=1S/C12H13N3O3/c1-8(6-11(16)17)14-12(18)15-10-5-3-2-4-9(10)7-13/h2-5,8H,6H2,1H3,(H,16,17)(H2,14,15,18). The van der Waals surface area contributed by atoms with Gasteiger partial charge in [-0.15, -0.1) is 0 Å². The van der Waals surface area contributed by atoms with Gasteiger partial charge in [-0.2, -0.15) is 5.26 Å². The molecule has 1 aromatic rings. The van der Waals surface area contributed by atoms with Gasteiger partial charge in [0.05, 0.1) is 17.7 Å². The number of nitriles is 1. The highest BCUT2D eigenvalue weighted by Crippen LogP contribution is 2.13. The molecule has 0 radical (unpaired) electrons. The number of urea groups is 1. The zero-order valence-electron chi connectivity index (χ0n) is 9.80. The molecule has 6 heteroatoms. The molecule has 0 aliphatic carbocycles. The zero-order chi connectivity index (χ0) is 13.5. The highest BCUT2D eigenvalue weighted by Gasteiger charge is 2.11. The number of aliphatic carboxylic acids is 1. The van der Waals surface area contributed by atoms with Crippen LogP contribution in [-0.4, -0.2) is 23.1 Å². The van der Waals surface area contributed by atoms with Crippen molar-refractivity contribution in [2.75, 3.05) is 5.32 Å². The minimum atomic E-state index is -0.986. The van der Waals surface area contributed by atoms with E-state index in [0.29, 0.717) is 11.3 Å². The molecule has 3 N–H and O–H groups in total. The average Bonchev–Trinajstić information content (AvgIpc) is 2.28. The summed E-state index contributed by atoms with van der Waals surface area (Å²) in [5, 5.41) is 22.4. The minimum Gasteiger partial charge on any atom is -0.481 e. The lowest BCUT2D eigenvalue weighted by molar-refractivity contribution is -0.137. The van der Waals surface area contributed by atoms with E-state index in [1.54, 1.807) is 31.2 Å². The molecule has 0 aliphatic rings. The van der Waals surface area contributed by atoms with Gasteiger partial charge >= 0.3 is 12.0 Å². The van der Waals surface area contributed by atoms with Crippen molar-refractivity contribution in [2.45, 2.75) is 19.4 Å². The van der Waals surface area contributed by atoms with Crippen LogP contribution in [-0.2, 0) is 4.79 Å². The van der Waals surface area contributed by atoms with Gasteiger partial charge in [-0.05, 0) is 19.1 Å². The molecule has 2 amide bonds. The van der Waals surface area contributed by atoms with Gasteiger partial charge in [0.25, 0.3) is 0 Å². The maximum Gasteiger partial charge on any atom is 0.319 e. The van der Waals surface area contributed by atoms with Crippen molar-refractivity contribution in [3.05, 3.63) is 29.8 Å². The molecule has 1 aromatic carbocycles. The first-order valence-electron chi connectivity index (χ1n) is 5.31. The van der Waals surface area contributed by atoms with Crippen LogP contribution in [0.1, 0.15) is 18.9 Å². The third kappa shape index (κ3) is 4.14. The number of nitrogens with zero attached hydrogens (tertiary/aromatic N) is 1. The molecule has 1 atom stereocenters. The van der Waals surface area contributed by atoms with Gasteiger partial charge in [0.2, 0.25) is 0 Å². The number of carbonyl (C=O) groups is 2. The van der Waals surface area contributed by atoms with Crippen LogP contribution in [0.25, 0.3) is 0 Å². The number of benzene rings is 1. The molecule has 1 rings (SSSR count). The van der Waals surface area contributed by atoms with Crippen molar-refractivity contribution in [2.24, 2.45) is 0 Å². The quantitative estimate of drug-likeness (QED) is 0.750. The monoisotopic (exact) mass is 247 g/mol. The minimum absolute atomic E-state index is 0.159. The lowest BCUT2D eigenvalue weighted by Crippen LogP contribution is -2.37. The summed E-state index contributed by atoms with van der Waals surface area (Å²) in [6.45, 7) is 1.59. The first-order chi connectivity index (χ1) is 8.52. The van der Waals surface area contributed by atoms with Gasteiger partial charge in [0.1, 0.15) is 6.07 Å². The molecule has 0 aliphatic heterocycles. The van der Waals surface area contributed by atoms with Gasteiger partial charge in [-0.25, -0.2) is 4.79 Å². The first-order valence-corrected chi connectivity index (χ1v) is 5.31. The molecule has 0 heterocycles. The van der Waals surface area contributed by atoms with Gasteiger partial charge in [-0.3, -0.25) is 4.79 Å². The number of nitrogens with one attached hydrogen (secondary N) is 2. The Morgan fingerprint density at radius 1 is 1.44 bits per heavy atom. The van der Waals surface area contributed by atoms with Gasteiger partial charge in [-0.1, -0.05) is 12.1 Å². The summed E-state index contributed by atoms with van der Waals surface area (Å²) in [5.41, 5.74) is 0.735. The van der Waals surface area contributed by atoms with Crippen molar-refractivity contribution < 1.29 is 14.7 Å². The van der Waals surface area contributed by atoms with Crippen LogP contribution in [0.2, 0.25) is 0 Å². The Balaban J connectivity index is 2.60. The summed E-state index contributed by atoms with van der Waals surface area (Å²) in [5.74, 6) is -0.986. The Bertz CT molecular complexity index is 494. The lowest BCUT2D eigenvalue weighted by Gasteiger charge is -2.13. The SMILES string of the molecule is CC(CC(=O)O)NC(=O)Nc1ccccc1C#N. The first kappa shape index (κ1) is 13.5. The van der Waals surface area contributed by atoms with E-state index >= 15 is 0 Å². The predicted octanol–water partition coefficient (Wildman–Crippen LogP) is 1.54. The van der Waals surface area contributed by atoms with Gasteiger partial charge in [0.15, 0.2) is 0 Å². The number of hydrogen-bond donors (Lipinski definition) is 3. The van der Waals surface area contributed by atoms with E-state index in [-0.39, 0.29) is 6.42 Å². The van der Waals surface area contributed by atoms with Crippen LogP contribution in [0.3, 0.4) is 0 Å². The molecular weight excluding hydrogens is 234 g/mol. The maximum absolute atomic E-state index is 11.5. The molecule has 18 heavy (non-hydrogen) atoms. The molecule has 94 valence electrons. The maximum atomic E-state index is 11.5. The van der Waals surface area contributed by atoms with Crippen molar-refractivity contribution in [1.29, 1.82) is 5.26 Å². The number of amides is 2. The van der Waals surface area contributed by atoms with E-state index in [2.05, 4.69) is 10.6 Å². The molecule has 6 nitrogen and oxygen atoms in total. The van der Waals surface area contributed by atoms with E-state index in [9.17, 15) is 9.59 Å². The molecular formula is C12H13N3O3. The van der Waals surface area contributed by atoms with Crippen LogP contribution < -0.4 is 10.6 Å². The Labute approximate surface area is 104 Å². The van der Waals surface area contributed by atoms with Crippen molar-refractivity contribution in [1.82, 2.24) is 5.32 Å². The fraction of sp³-hybridized carbons (Fsp3) is 0.250. The number of carboxylic acid groups (broad SMARTS) is 1. The van der Waals surface area contributed by atoms with E-state index in [1.807, 2.05) is 6.07 Å². The number of para-hydroxylation sites is 1. The van der Waals surface area contributed by atoms with Crippen LogP contribution in [0.15, 0.2) is 24.3 Å². The van der Waals surface area contributed by atoms with Crippen LogP contribution in [0.4, 0.5) is 10.5 Å². The number of hydrogen-bond acceptors (Lipinski definition) is 3. The van der Waals surface area contributed by atoms with E-state index < -0.39 is 18.0 Å². The highest BCUT2D eigenvalue weighted by molar-refractivity contribution is 5.91. The molecule has 0 spiro atoms. The summed E-state index contributed by atoms with van der Waals surface area (Å²) >= 11 is 0. The molecule has 0 fully saturated rings. The second kappa shape index (κ2) is 6.25. The van der Waals surface area contributed by atoms with Crippen molar-refractivity contribution >= 4 is 17.7 Å². The molecule has 0 bridgehead atoms. The van der Waals surface area contributed by atoms with Crippen LogP contribution >= 0.6 is 0 Å². The topological polar surface area (TPSA) is 102 Å². The van der Waals surface area contributed by atoms with Crippen LogP contribution in [0.5, 0.6) is 0 Å². The number of rotatable bonds is 4. The van der Waals surface area contributed by atoms with E-state index in [0.717, 1.165) is 0 Å². The van der Waals surface area contributed by atoms with Gasteiger partial charge < -0.3 is 15.7 Å². The number of anilines is 1. The summed E-state index contributed by atoms with van der Waals surface area (Å²) in [4.78, 5) is 22.0. The molecule has 0 saturated carbocycles. The van der Waals surface area contributed by atoms with Gasteiger partial charge in [0, 0.05) is 6.04 Å². The van der Waals surface area contributed by atoms with Crippen molar-refractivity contribution in [3.8, 4) is 6.07 Å². The Hall–Kier alpha value is -2.55. The zero-order valence-corrected chi connectivity index (χ0v) is 9.80. The smallest absolute Gasteiger partial charge is 0.319 e. The second-order valence-corrected chi connectivity index (χ2v) is 3.75. The average molecular weight is 247 g/mol. The number of carbonyl (C=O) groups excluding carboxylic acids is 1. The Morgan fingerprint density at radius 3 is 2.72 bits per heavy atom.